The molecule has 0 radical (unpaired) electrons. The Morgan fingerprint density at radius 3 is 2.80 bits per heavy atom. The van der Waals surface area contributed by atoms with Crippen LogP contribution in [0.15, 0.2) is 35.1 Å². The van der Waals surface area contributed by atoms with Crippen molar-refractivity contribution >= 4 is 5.69 Å². The largest absolute Gasteiger partial charge is 0.362 e. The van der Waals surface area contributed by atoms with E-state index in [0.29, 0.717) is 23.9 Å². The van der Waals surface area contributed by atoms with Crippen LogP contribution in [0.4, 0.5) is 5.69 Å². The standard InChI is InChI=1S/C15H20N2O3/c1-10(2)8-19-15(18)16-13-9-20-17-14(13)12-7-5-4-6-11(12)3/h4-7,9-10,15-16,18H,8H2,1-3H3. The first-order valence-electron chi connectivity index (χ1n) is 6.64. The predicted octanol–water partition coefficient (Wildman–Crippen LogP) is 3.01. The van der Waals surface area contributed by atoms with Crippen molar-refractivity contribution < 1.29 is 14.4 Å². The fraction of sp³-hybridized carbons (Fsp3) is 0.400. The third-order valence-corrected chi connectivity index (χ3v) is 2.84. The molecule has 2 N–H and O–H groups in total. The Kier molecular flexibility index (Phi) is 4.76. The van der Waals surface area contributed by atoms with E-state index in [9.17, 15) is 5.11 Å². The molecule has 0 bridgehead atoms. The number of aryl methyl sites for hydroxylation is 1. The Morgan fingerprint density at radius 1 is 1.35 bits per heavy atom. The van der Waals surface area contributed by atoms with E-state index in [1.54, 1.807) is 0 Å². The third-order valence-electron chi connectivity index (χ3n) is 2.84. The van der Waals surface area contributed by atoms with Crippen LogP contribution in [0.25, 0.3) is 11.3 Å². The quantitative estimate of drug-likeness (QED) is 0.794. The van der Waals surface area contributed by atoms with Gasteiger partial charge in [-0.15, -0.1) is 0 Å². The molecule has 108 valence electrons. The molecule has 0 fully saturated rings. The lowest BCUT2D eigenvalue weighted by molar-refractivity contribution is -0.0865. The summed E-state index contributed by atoms with van der Waals surface area (Å²) in [6.07, 6.45) is 0.378. The van der Waals surface area contributed by atoms with Gasteiger partial charge in [-0.25, -0.2) is 0 Å². The molecule has 0 aliphatic heterocycles. The molecule has 1 aromatic carbocycles. The van der Waals surface area contributed by atoms with E-state index in [1.165, 1.54) is 6.26 Å². The Hall–Kier alpha value is -1.85. The van der Waals surface area contributed by atoms with Crippen LogP contribution < -0.4 is 5.32 Å². The van der Waals surface area contributed by atoms with Crippen LogP contribution in [0.2, 0.25) is 0 Å². The van der Waals surface area contributed by atoms with E-state index in [4.69, 9.17) is 9.26 Å². The minimum absolute atomic E-state index is 0.352. The Morgan fingerprint density at radius 2 is 2.10 bits per heavy atom. The van der Waals surface area contributed by atoms with Gasteiger partial charge in [0, 0.05) is 5.56 Å². The van der Waals surface area contributed by atoms with Gasteiger partial charge in [0.05, 0.1) is 6.61 Å². The lowest BCUT2D eigenvalue weighted by Crippen LogP contribution is -2.24. The Labute approximate surface area is 118 Å². The van der Waals surface area contributed by atoms with Crippen LogP contribution in [0.3, 0.4) is 0 Å². The first kappa shape index (κ1) is 14.6. The molecule has 0 saturated heterocycles. The summed E-state index contributed by atoms with van der Waals surface area (Å²) in [5, 5.41) is 16.6. The van der Waals surface area contributed by atoms with Crippen LogP contribution in [0.1, 0.15) is 19.4 Å². The molecule has 0 spiro atoms. The molecule has 20 heavy (non-hydrogen) atoms. The molecule has 5 heteroatoms. The summed E-state index contributed by atoms with van der Waals surface area (Å²) < 4.78 is 10.3. The van der Waals surface area contributed by atoms with Gasteiger partial charge in [0.2, 0.25) is 6.41 Å². The fourth-order valence-electron chi connectivity index (χ4n) is 1.83. The second-order valence-corrected chi connectivity index (χ2v) is 5.12. The molecular weight excluding hydrogens is 256 g/mol. The normalized spacial score (nSPS) is 12.7. The molecule has 0 aliphatic rings. The number of hydrogen-bond acceptors (Lipinski definition) is 5. The summed E-state index contributed by atoms with van der Waals surface area (Å²) in [4.78, 5) is 0. The molecule has 0 amide bonds. The summed E-state index contributed by atoms with van der Waals surface area (Å²) in [7, 11) is 0. The Bertz CT molecular complexity index is 552. The zero-order valence-corrected chi connectivity index (χ0v) is 12.0. The van der Waals surface area contributed by atoms with Gasteiger partial charge in [-0.3, -0.25) is 0 Å². The predicted molar refractivity (Wildman–Crippen MR) is 77.1 cm³/mol. The van der Waals surface area contributed by atoms with E-state index in [-0.39, 0.29) is 0 Å². The maximum absolute atomic E-state index is 9.81. The number of aliphatic hydroxyl groups excluding tert-OH is 1. The van der Waals surface area contributed by atoms with Crippen LogP contribution in [0, 0.1) is 12.8 Å². The molecule has 0 aliphatic carbocycles. The van der Waals surface area contributed by atoms with Crippen molar-refractivity contribution in [2.45, 2.75) is 27.2 Å². The van der Waals surface area contributed by atoms with Crippen molar-refractivity contribution in [3.63, 3.8) is 0 Å². The number of benzene rings is 1. The van der Waals surface area contributed by atoms with Crippen LogP contribution in [-0.2, 0) is 4.74 Å². The van der Waals surface area contributed by atoms with Crippen molar-refractivity contribution in [2.24, 2.45) is 5.92 Å². The number of aliphatic hydroxyl groups is 1. The van der Waals surface area contributed by atoms with Crippen molar-refractivity contribution in [1.82, 2.24) is 5.16 Å². The van der Waals surface area contributed by atoms with E-state index >= 15 is 0 Å². The summed E-state index contributed by atoms with van der Waals surface area (Å²) in [5.41, 5.74) is 3.31. The molecule has 1 heterocycles. The molecule has 0 saturated carbocycles. The van der Waals surface area contributed by atoms with E-state index < -0.39 is 6.41 Å². The smallest absolute Gasteiger partial charge is 0.235 e. The van der Waals surface area contributed by atoms with Crippen LogP contribution >= 0.6 is 0 Å². The van der Waals surface area contributed by atoms with Gasteiger partial charge in [0.25, 0.3) is 0 Å². The van der Waals surface area contributed by atoms with Crippen molar-refractivity contribution in [3.05, 3.63) is 36.1 Å². The van der Waals surface area contributed by atoms with Crippen molar-refractivity contribution in [1.29, 1.82) is 0 Å². The van der Waals surface area contributed by atoms with Crippen molar-refractivity contribution in [2.75, 3.05) is 11.9 Å². The number of aromatic nitrogens is 1. The van der Waals surface area contributed by atoms with Gasteiger partial charge in [-0.05, 0) is 18.4 Å². The number of rotatable bonds is 6. The highest BCUT2D eigenvalue weighted by Crippen LogP contribution is 2.29. The number of nitrogens with zero attached hydrogens (tertiary/aromatic N) is 1. The monoisotopic (exact) mass is 276 g/mol. The zero-order chi connectivity index (χ0) is 14.5. The van der Waals surface area contributed by atoms with Crippen LogP contribution in [0.5, 0.6) is 0 Å². The summed E-state index contributed by atoms with van der Waals surface area (Å²) in [6.45, 7) is 6.51. The minimum Gasteiger partial charge on any atom is -0.362 e. The number of anilines is 1. The summed E-state index contributed by atoms with van der Waals surface area (Å²) in [5.74, 6) is 0.352. The SMILES string of the molecule is Cc1ccccc1-c1nocc1NC(O)OCC(C)C. The highest BCUT2D eigenvalue weighted by atomic mass is 16.6. The lowest BCUT2D eigenvalue weighted by atomic mass is 10.1. The topological polar surface area (TPSA) is 67.5 Å². The maximum atomic E-state index is 9.81. The van der Waals surface area contributed by atoms with Gasteiger partial charge in [0.1, 0.15) is 17.6 Å². The second-order valence-electron chi connectivity index (χ2n) is 5.12. The highest BCUT2D eigenvalue weighted by Gasteiger charge is 2.15. The summed E-state index contributed by atoms with van der Waals surface area (Å²) >= 11 is 0. The second kappa shape index (κ2) is 6.54. The van der Waals surface area contributed by atoms with Gasteiger partial charge < -0.3 is 19.7 Å². The number of ether oxygens (including phenoxy) is 1. The molecule has 1 atom stereocenters. The van der Waals surface area contributed by atoms with E-state index in [1.807, 2.05) is 45.0 Å². The maximum Gasteiger partial charge on any atom is 0.235 e. The van der Waals surface area contributed by atoms with Gasteiger partial charge in [-0.2, -0.15) is 0 Å². The fourth-order valence-corrected chi connectivity index (χ4v) is 1.83. The van der Waals surface area contributed by atoms with Gasteiger partial charge in [-0.1, -0.05) is 43.3 Å². The van der Waals surface area contributed by atoms with E-state index in [0.717, 1.165) is 11.1 Å². The number of nitrogens with one attached hydrogen (secondary N) is 1. The average Bonchev–Trinajstić information content (AvgIpc) is 2.85. The van der Waals surface area contributed by atoms with Gasteiger partial charge in [0.15, 0.2) is 0 Å². The Balaban J connectivity index is 2.11. The minimum atomic E-state index is -1.08. The highest BCUT2D eigenvalue weighted by molar-refractivity contribution is 5.75. The number of hydrogen-bond donors (Lipinski definition) is 2. The first-order chi connectivity index (χ1) is 9.58. The molecule has 2 rings (SSSR count). The van der Waals surface area contributed by atoms with Gasteiger partial charge >= 0.3 is 0 Å². The third kappa shape index (κ3) is 3.59. The average molecular weight is 276 g/mol. The van der Waals surface area contributed by atoms with Crippen molar-refractivity contribution in [3.8, 4) is 11.3 Å². The molecule has 5 nitrogen and oxygen atoms in total. The molecule has 2 aromatic rings. The lowest BCUT2D eigenvalue weighted by Gasteiger charge is -2.15. The van der Waals surface area contributed by atoms with Crippen LogP contribution in [-0.4, -0.2) is 23.3 Å². The van der Waals surface area contributed by atoms with E-state index in [2.05, 4.69) is 10.5 Å². The molecule has 1 unspecified atom stereocenters. The zero-order valence-electron chi connectivity index (χ0n) is 12.0. The first-order valence-corrected chi connectivity index (χ1v) is 6.64. The molecule has 1 aromatic heterocycles. The molecular formula is C15H20N2O3. The summed E-state index contributed by atoms with van der Waals surface area (Å²) in [6, 6.07) is 7.86.